The molecule has 0 saturated carbocycles. The number of carbonyl (C=O) groups is 1. The highest BCUT2D eigenvalue weighted by atomic mass is 32.1. The highest BCUT2D eigenvalue weighted by molar-refractivity contribution is 7.21. The van der Waals surface area contributed by atoms with Crippen LogP contribution >= 0.6 is 11.3 Å². The molecular formula is C33H31FN4O4S. The van der Waals surface area contributed by atoms with Crippen molar-refractivity contribution < 1.29 is 18.7 Å². The predicted molar refractivity (Wildman–Crippen MR) is 166 cm³/mol. The first-order valence-corrected chi connectivity index (χ1v) is 15.0. The fourth-order valence-corrected chi connectivity index (χ4v) is 6.55. The number of ether oxygens (including phenoxy) is 2. The van der Waals surface area contributed by atoms with Gasteiger partial charge in [-0.3, -0.25) is 14.2 Å². The second-order valence-electron chi connectivity index (χ2n) is 10.5. The molecule has 0 spiro atoms. The second kappa shape index (κ2) is 12.3. The zero-order chi connectivity index (χ0) is 29.9. The van der Waals surface area contributed by atoms with Crippen LogP contribution in [0.25, 0.3) is 21.7 Å². The largest absolute Gasteiger partial charge is 0.497 e. The van der Waals surface area contributed by atoms with E-state index < -0.39 is 5.82 Å². The Morgan fingerprint density at radius 2 is 1.79 bits per heavy atom. The molecule has 3 aromatic carbocycles. The first kappa shape index (κ1) is 28.5. The summed E-state index contributed by atoms with van der Waals surface area (Å²) in [5, 5.41) is 0.606. The number of methoxy groups -OCH3 is 2. The van der Waals surface area contributed by atoms with Gasteiger partial charge in [0.25, 0.3) is 5.56 Å². The van der Waals surface area contributed by atoms with Gasteiger partial charge >= 0.3 is 0 Å². The van der Waals surface area contributed by atoms with E-state index in [1.54, 1.807) is 13.2 Å². The highest BCUT2D eigenvalue weighted by Gasteiger charge is 2.33. The number of carbonyl (C=O) groups excluding carboxylic acids is 1. The summed E-state index contributed by atoms with van der Waals surface area (Å²) >= 11 is 1.30. The maximum Gasteiger partial charge on any atom is 0.281 e. The van der Waals surface area contributed by atoms with Crippen LogP contribution in [-0.4, -0.2) is 47.1 Å². The molecule has 1 aliphatic rings. The van der Waals surface area contributed by atoms with Gasteiger partial charge < -0.3 is 14.4 Å². The quantitative estimate of drug-likeness (QED) is 0.198. The summed E-state index contributed by atoms with van der Waals surface area (Å²) in [5.74, 6) is 1.03. The van der Waals surface area contributed by atoms with Gasteiger partial charge in [0.2, 0.25) is 0 Å². The van der Waals surface area contributed by atoms with Crippen LogP contribution in [0.4, 0.5) is 9.52 Å². The molecule has 1 saturated heterocycles. The van der Waals surface area contributed by atoms with Crippen molar-refractivity contribution >= 4 is 32.6 Å². The monoisotopic (exact) mass is 598 g/mol. The molecule has 220 valence electrons. The number of Topliss-reactive ketones (excluding diaryl/α,β-unsaturated/α-hetero) is 1. The summed E-state index contributed by atoms with van der Waals surface area (Å²) in [6.45, 7) is 0.888. The highest BCUT2D eigenvalue weighted by Crippen LogP contribution is 2.35. The molecule has 0 radical (unpaired) electrons. The first-order valence-electron chi connectivity index (χ1n) is 14.2. The van der Waals surface area contributed by atoms with Gasteiger partial charge in [-0.2, -0.15) is 0 Å². The molecule has 1 fully saturated rings. The van der Waals surface area contributed by atoms with Gasteiger partial charge in [-0.25, -0.2) is 14.4 Å². The summed E-state index contributed by atoms with van der Waals surface area (Å²) < 4.78 is 26.4. The molecule has 43 heavy (non-hydrogen) atoms. The fraction of sp³-hybridized carbons (Fsp3) is 0.273. The Balaban J connectivity index is 1.39. The average molecular weight is 599 g/mol. The molecule has 3 heterocycles. The third-order valence-corrected chi connectivity index (χ3v) is 8.77. The third-order valence-electron chi connectivity index (χ3n) is 7.79. The Morgan fingerprint density at radius 3 is 2.53 bits per heavy atom. The summed E-state index contributed by atoms with van der Waals surface area (Å²) in [7, 11) is 3.05. The topological polar surface area (TPSA) is 86.6 Å². The van der Waals surface area contributed by atoms with E-state index in [0.717, 1.165) is 24.0 Å². The molecule has 0 unspecified atom stereocenters. The smallest absolute Gasteiger partial charge is 0.281 e. The number of halogens is 1. The molecule has 0 amide bonds. The summed E-state index contributed by atoms with van der Waals surface area (Å²) in [5.41, 5.74) is 2.38. The van der Waals surface area contributed by atoms with E-state index >= 15 is 0 Å². The number of anilines is 1. The van der Waals surface area contributed by atoms with E-state index in [0.29, 0.717) is 46.5 Å². The van der Waals surface area contributed by atoms with Crippen molar-refractivity contribution in [3.8, 4) is 22.9 Å². The van der Waals surface area contributed by atoms with E-state index in [9.17, 15) is 14.0 Å². The fourth-order valence-electron chi connectivity index (χ4n) is 5.54. The van der Waals surface area contributed by atoms with Gasteiger partial charge in [-0.1, -0.05) is 53.8 Å². The Hall–Kier alpha value is -4.57. The van der Waals surface area contributed by atoms with Crippen LogP contribution in [0.15, 0.2) is 77.6 Å². The number of benzene rings is 3. The molecule has 1 atom stereocenters. The lowest BCUT2D eigenvalue weighted by Crippen LogP contribution is -2.36. The van der Waals surface area contributed by atoms with Crippen LogP contribution in [0, 0.1) is 5.82 Å². The Morgan fingerprint density at radius 1 is 1.00 bits per heavy atom. The normalized spacial score (nSPS) is 14.8. The zero-order valence-electron chi connectivity index (χ0n) is 24.0. The number of hydrogen-bond donors (Lipinski definition) is 0. The van der Waals surface area contributed by atoms with Gasteiger partial charge in [-0.05, 0) is 54.7 Å². The predicted octanol–water partition coefficient (Wildman–Crippen LogP) is 5.90. The molecule has 5 aromatic rings. The third kappa shape index (κ3) is 5.87. The van der Waals surface area contributed by atoms with Gasteiger partial charge in [-0.15, -0.1) is 0 Å². The van der Waals surface area contributed by atoms with E-state index in [2.05, 4.69) is 0 Å². The molecule has 0 aliphatic carbocycles. The average Bonchev–Trinajstić information content (AvgIpc) is 3.70. The van der Waals surface area contributed by atoms with Crippen LogP contribution in [0.3, 0.4) is 0 Å². The minimum absolute atomic E-state index is 0.169. The number of nitrogens with zero attached hydrogens (tertiary/aromatic N) is 4. The number of aryl methyl sites for hydroxylation is 1. The molecule has 10 heteroatoms. The van der Waals surface area contributed by atoms with E-state index in [1.165, 1.54) is 35.1 Å². The minimum Gasteiger partial charge on any atom is -0.497 e. The minimum atomic E-state index is -0.456. The van der Waals surface area contributed by atoms with Crippen LogP contribution in [-0.2, 0) is 17.8 Å². The SMILES string of the molecule is COc1ccc(Cn2c(-c3ccc(F)cc3OC)nc3sc(N4CCC[C@@H]4C(=O)CCc4ccccc4)nc3c2=O)cc1. The standard InChI is InChI=1S/C33H31FN4O4S/c1-41-24-14-10-22(11-15-24)20-38-30(25-16-13-23(34)19-28(25)42-2)36-31-29(32(38)40)35-33(43-31)37-18-6-9-26(37)27(39)17-12-21-7-4-3-5-8-21/h3-5,7-8,10-11,13-16,19,26H,6,9,12,17-18,20H2,1-2H3/t26-/m1/s1. The van der Waals surface area contributed by atoms with Gasteiger partial charge in [0.1, 0.15) is 23.1 Å². The van der Waals surface area contributed by atoms with Crippen molar-refractivity contribution in [1.82, 2.24) is 14.5 Å². The molecule has 2 aromatic heterocycles. The number of ketones is 1. The van der Waals surface area contributed by atoms with Crippen molar-refractivity contribution in [2.45, 2.75) is 38.3 Å². The number of thiazole rings is 1. The maximum absolute atomic E-state index is 14.1. The lowest BCUT2D eigenvalue weighted by molar-refractivity contribution is -0.120. The number of hydrogen-bond acceptors (Lipinski definition) is 8. The Labute approximate surface area is 252 Å². The van der Waals surface area contributed by atoms with E-state index in [1.807, 2.05) is 59.5 Å². The van der Waals surface area contributed by atoms with Gasteiger partial charge in [0.05, 0.1) is 32.4 Å². The summed E-state index contributed by atoms with van der Waals surface area (Å²) in [6, 6.07) is 21.3. The van der Waals surface area contributed by atoms with Crippen molar-refractivity contribution in [1.29, 1.82) is 0 Å². The van der Waals surface area contributed by atoms with Crippen molar-refractivity contribution in [2.75, 3.05) is 25.7 Å². The molecule has 0 N–H and O–H groups in total. The van der Waals surface area contributed by atoms with Crippen molar-refractivity contribution in [2.24, 2.45) is 0 Å². The second-order valence-corrected chi connectivity index (χ2v) is 11.4. The lowest BCUT2D eigenvalue weighted by atomic mass is 10.0. The van der Waals surface area contributed by atoms with Crippen molar-refractivity contribution in [3.63, 3.8) is 0 Å². The van der Waals surface area contributed by atoms with E-state index in [-0.39, 0.29) is 35.2 Å². The molecule has 0 bridgehead atoms. The van der Waals surface area contributed by atoms with Crippen LogP contribution in [0.2, 0.25) is 0 Å². The number of rotatable bonds is 10. The van der Waals surface area contributed by atoms with Gasteiger partial charge in [0.15, 0.2) is 21.3 Å². The van der Waals surface area contributed by atoms with Crippen LogP contribution < -0.4 is 19.9 Å². The molecule has 1 aliphatic heterocycles. The molecular weight excluding hydrogens is 567 g/mol. The maximum atomic E-state index is 14.1. The first-order chi connectivity index (χ1) is 20.9. The molecule has 8 nitrogen and oxygen atoms in total. The summed E-state index contributed by atoms with van der Waals surface area (Å²) in [4.78, 5) is 39.5. The molecule has 6 rings (SSSR count). The van der Waals surface area contributed by atoms with E-state index in [4.69, 9.17) is 19.4 Å². The lowest BCUT2D eigenvalue weighted by Gasteiger charge is -2.22. The van der Waals surface area contributed by atoms with Crippen LogP contribution in [0.5, 0.6) is 11.5 Å². The van der Waals surface area contributed by atoms with Gasteiger partial charge in [0, 0.05) is 19.0 Å². The van der Waals surface area contributed by atoms with Crippen LogP contribution in [0.1, 0.15) is 30.4 Å². The number of fused-ring (bicyclic) bond motifs is 1. The zero-order valence-corrected chi connectivity index (χ0v) is 24.8. The Kier molecular flexibility index (Phi) is 8.20. The number of aromatic nitrogens is 3. The van der Waals surface area contributed by atoms with Crippen molar-refractivity contribution in [3.05, 3.63) is 100 Å². The Bertz CT molecular complexity index is 1820. The summed E-state index contributed by atoms with van der Waals surface area (Å²) in [6.07, 6.45) is 2.74.